The fraction of sp³-hybridized carbons (Fsp3) is 0.667. The standard InChI is InChI=1S/C36H48F4O/c1-2-3-4-5-25-6-8-26(9-7-25)27-10-12-30(13-11-27)32-20-23-34(35(37)24-32)31-16-14-28(15-17-31)29-18-21-33(22-19-29)41-36(38,39)40/h18-28,30-31H,2-17H2,1H3/t25?,26?,27-,28?,30-,31?. The zero-order valence-electron chi connectivity index (χ0n) is 24.7. The molecule has 0 aliphatic heterocycles. The molecule has 0 bridgehead atoms. The van der Waals surface area contributed by atoms with Crippen LogP contribution in [0.4, 0.5) is 17.6 Å². The lowest BCUT2D eigenvalue weighted by atomic mass is 9.68. The number of benzene rings is 2. The average molecular weight is 573 g/mol. The number of halogens is 4. The first-order valence-corrected chi connectivity index (χ1v) is 16.4. The molecule has 41 heavy (non-hydrogen) atoms. The van der Waals surface area contributed by atoms with Crippen LogP contribution in [0.1, 0.15) is 144 Å². The van der Waals surface area contributed by atoms with Gasteiger partial charge in [-0.05, 0) is 135 Å². The molecule has 2 aromatic carbocycles. The fourth-order valence-corrected chi connectivity index (χ4v) is 8.36. The Morgan fingerprint density at radius 1 is 0.659 bits per heavy atom. The Bertz CT molecular complexity index is 1070. The third-order valence-electron chi connectivity index (χ3n) is 10.8. The second-order valence-electron chi connectivity index (χ2n) is 13.3. The highest BCUT2D eigenvalue weighted by atomic mass is 19.4. The van der Waals surface area contributed by atoms with Crippen LogP contribution in [0.5, 0.6) is 5.75 Å². The van der Waals surface area contributed by atoms with Crippen LogP contribution in [-0.2, 0) is 0 Å². The minimum Gasteiger partial charge on any atom is -0.406 e. The van der Waals surface area contributed by atoms with Crippen molar-refractivity contribution < 1.29 is 22.3 Å². The van der Waals surface area contributed by atoms with Crippen molar-refractivity contribution >= 4 is 0 Å². The number of unbranched alkanes of at least 4 members (excludes halogenated alkanes) is 2. The predicted molar refractivity (Wildman–Crippen MR) is 158 cm³/mol. The van der Waals surface area contributed by atoms with E-state index in [4.69, 9.17) is 0 Å². The van der Waals surface area contributed by atoms with Gasteiger partial charge >= 0.3 is 6.36 Å². The van der Waals surface area contributed by atoms with E-state index in [0.717, 1.165) is 54.6 Å². The Hall–Kier alpha value is -2.04. The van der Waals surface area contributed by atoms with E-state index >= 15 is 4.39 Å². The van der Waals surface area contributed by atoms with Crippen LogP contribution >= 0.6 is 0 Å². The van der Waals surface area contributed by atoms with Gasteiger partial charge in [-0.15, -0.1) is 13.2 Å². The molecule has 226 valence electrons. The highest BCUT2D eigenvalue weighted by molar-refractivity contribution is 5.32. The van der Waals surface area contributed by atoms with E-state index in [1.165, 1.54) is 94.7 Å². The summed E-state index contributed by atoms with van der Waals surface area (Å²) in [5.74, 6) is 3.50. The van der Waals surface area contributed by atoms with Gasteiger partial charge in [-0.2, -0.15) is 0 Å². The van der Waals surface area contributed by atoms with Crippen molar-refractivity contribution in [3.8, 4) is 5.75 Å². The van der Waals surface area contributed by atoms with Crippen molar-refractivity contribution in [2.75, 3.05) is 0 Å². The summed E-state index contributed by atoms with van der Waals surface area (Å²) in [7, 11) is 0. The normalized spacial score (nSPS) is 29.3. The molecule has 0 atom stereocenters. The minimum atomic E-state index is -4.68. The molecular weight excluding hydrogens is 524 g/mol. The topological polar surface area (TPSA) is 9.23 Å². The smallest absolute Gasteiger partial charge is 0.406 e. The number of rotatable bonds is 9. The first kappa shape index (κ1) is 30.4. The van der Waals surface area contributed by atoms with E-state index in [-0.39, 0.29) is 17.5 Å². The van der Waals surface area contributed by atoms with Crippen molar-refractivity contribution in [2.45, 2.75) is 134 Å². The van der Waals surface area contributed by atoms with Gasteiger partial charge in [0.05, 0.1) is 0 Å². The Balaban J connectivity index is 1.07. The summed E-state index contributed by atoms with van der Waals surface area (Å²) in [4.78, 5) is 0. The predicted octanol–water partition coefficient (Wildman–Crippen LogP) is 11.8. The van der Waals surface area contributed by atoms with Crippen molar-refractivity contribution in [3.05, 3.63) is 65.0 Å². The summed E-state index contributed by atoms with van der Waals surface area (Å²) < 4.78 is 56.7. The Kier molecular flexibility index (Phi) is 10.4. The van der Waals surface area contributed by atoms with Gasteiger partial charge in [0.25, 0.3) is 0 Å². The number of hydrogen-bond donors (Lipinski definition) is 0. The fourth-order valence-electron chi connectivity index (χ4n) is 8.36. The van der Waals surface area contributed by atoms with Crippen molar-refractivity contribution in [2.24, 2.45) is 17.8 Å². The zero-order chi connectivity index (χ0) is 28.8. The van der Waals surface area contributed by atoms with Crippen LogP contribution in [0.2, 0.25) is 0 Å². The third-order valence-corrected chi connectivity index (χ3v) is 10.8. The maximum absolute atomic E-state index is 15.4. The molecule has 5 heteroatoms. The molecule has 0 N–H and O–H groups in total. The second-order valence-corrected chi connectivity index (χ2v) is 13.3. The molecule has 0 heterocycles. The first-order chi connectivity index (χ1) is 19.8. The maximum atomic E-state index is 15.4. The Morgan fingerprint density at radius 3 is 1.78 bits per heavy atom. The quantitative estimate of drug-likeness (QED) is 0.214. The van der Waals surface area contributed by atoms with E-state index < -0.39 is 6.36 Å². The molecule has 2 aromatic rings. The molecule has 3 aliphatic rings. The maximum Gasteiger partial charge on any atom is 0.573 e. The van der Waals surface area contributed by atoms with Gasteiger partial charge in [-0.1, -0.05) is 69.7 Å². The summed E-state index contributed by atoms with van der Waals surface area (Å²) in [6.07, 6.45) is 15.2. The van der Waals surface area contributed by atoms with Gasteiger partial charge in [0.1, 0.15) is 11.6 Å². The summed E-state index contributed by atoms with van der Waals surface area (Å²) in [6, 6.07) is 12.3. The van der Waals surface area contributed by atoms with Gasteiger partial charge in [0.2, 0.25) is 0 Å². The molecule has 0 amide bonds. The summed E-state index contributed by atoms with van der Waals surface area (Å²) in [5.41, 5.74) is 3.05. The van der Waals surface area contributed by atoms with E-state index in [0.29, 0.717) is 11.8 Å². The van der Waals surface area contributed by atoms with Gasteiger partial charge in [-0.25, -0.2) is 4.39 Å². The minimum absolute atomic E-state index is 0.0527. The molecule has 3 aliphatic carbocycles. The molecule has 1 nitrogen and oxygen atoms in total. The van der Waals surface area contributed by atoms with Crippen molar-refractivity contribution in [1.29, 1.82) is 0 Å². The lowest BCUT2D eigenvalue weighted by molar-refractivity contribution is -0.274. The zero-order valence-corrected chi connectivity index (χ0v) is 24.7. The SMILES string of the molecule is CCCCCC1CCC([C@H]2CC[C@H](c3ccc(C4CCC(c5ccc(OC(F)(F)F)cc5)CC4)c(F)c3)CC2)CC1. The highest BCUT2D eigenvalue weighted by Gasteiger charge is 2.33. The molecular formula is C36H48F4O. The molecule has 0 saturated heterocycles. The average Bonchev–Trinajstić information content (AvgIpc) is 2.97. The summed E-state index contributed by atoms with van der Waals surface area (Å²) in [5, 5.41) is 0. The van der Waals surface area contributed by atoms with Crippen LogP contribution in [0.15, 0.2) is 42.5 Å². The lowest BCUT2D eigenvalue weighted by Crippen LogP contribution is -2.25. The molecule has 0 radical (unpaired) electrons. The molecule has 0 unspecified atom stereocenters. The van der Waals surface area contributed by atoms with Crippen LogP contribution in [0.25, 0.3) is 0 Å². The molecule has 0 aromatic heterocycles. The summed E-state index contributed by atoms with van der Waals surface area (Å²) in [6.45, 7) is 2.29. The van der Waals surface area contributed by atoms with Crippen LogP contribution < -0.4 is 4.74 Å². The highest BCUT2D eigenvalue weighted by Crippen LogP contribution is 2.46. The second kappa shape index (κ2) is 14.0. The van der Waals surface area contributed by atoms with Gasteiger partial charge in [0.15, 0.2) is 0 Å². The van der Waals surface area contributed by atoms with E-state index in [1.807, 2.05) is 12.1 Å². The van der Waals surface area contributed by atoms with Crippen LogP contribution in [0, 0.1) is 23.6 Å². The number of hydrogen-bond acceptors (Lipinski definition) is 1. The summed E-state index contributed by atoms with van der Waals surface area (Å²) >= 11 is 0. The van der Waals surface area contributed by atoms with Crippen molar-refractivity contribution in [1.82, 2.24) is 0 Å². The molecule has 5 rings (SSSR count). The van der Waals surface area contributed by atoms with E-state index in [9.17, 15) is 13.2 Å². The van der Waals surface area contributed by atoms with Gasteiger partial charge < -0.3 is 4.74 Å². The number of alkyl halides is 3. The van der Waals surface area contributed by atoms with Crippen LogP contribution in [-0.4, -0.2) is 6.36 Å². The lowest BCUT2D eigenvalue weighted by Gasteiger charge is -2.38. The van der Waals surface area contributed by atoms with Gasteiger partial charge in [0, 0.05) is 0 Å². The van der Waals surface area contributed by atoms with Crippen LogP contribution in [0.3, 0.4) is 0 Å². The Morgan fingerprint density at radius 2 is 1.20 bits per heavy atom. The third kappa shape index (κ3) is 8.29. The van der Waals surface area contributed by atoms with E-state index in [1.54, 1.807) is 12.1 Å². The molecule has 0 spiro atoms. The van der Waals surface area contributed by atoms with E-state index in [2.05, 4.69) is 17.7 Å². The van der Waals surface area contributed by atoms with Gasteiger partial charge in [-0.3, -0.25) is 0 Å². The van der Waals surface area contributed by atoms with Crippen molar-refractivity contribution in [3.63, 3.8) is 0 Å². The Labute approximate surface area is 244 Å². The first-order valence-electron chi connectivity index (χ1n) is 16.4. The molecule has 3 fully saturated rings. The largest absolute Gasteiger partial charge is 0.573 e. The number of ether oxygens (including phenoxy) is 1. The molecule has 3 saturated carbocycles. The monoisotopic (exact) mass is 572 g/mol.